The number of hydrogen-bond acceptors (Lipinski definition) is 5. The molecule has 17 heavy (non-hydrogen) atoms. The maximum absolute atomic E-state index is 12.0. The van der Waals surface area contributed by atoms with E-state index < -0.39 is 18.6 Å². The van der Waals surface area contributed by atoms with Crippen molar-refractivity contribution in [2.24, 2.45) is 0 Å². The molecule has 0 radical (unpaired) electrons. The van der Waals surface area contributed by atoms with Gasteiger partial charge in [-0.1, -0.05) is 19.0 Å². The summed E-state index contributed by atoms with van der Waals surface area (Å²) < 4.78 is 28.7. The van der Waals surface area contributed by atoms with Gasteiger partial charge in [-0.05, 0) is 6.42 Å². The van der Waals surface area contributed by atoms with Crippen molar-refractivity contribution in [3.05, 3.63) is 11.7 Å². The topological polar surface area (TPSA) is 56.0 Å². The summed E-state index contributed by atoms with van der Waals surface area (Å²) in [6.07, 6.45) is -2.46. The van der Waals surface area contributed by atoms with Crippen LogP contribution in [-0.4, -0.2) is 27.6 Å². The van der Waals surface area contributed by atoms with E-state index in [0.717, 1.165) is 6.42 Å². The van der Waals surface area contributed by atoms with Crippen LogP contribution in [-0.2, 0) is 17.0 Å². The highest BCUT2D eigenvalue weighted by Gasteiger charge is 2.19. The second-order valence-electron chi connectivity index (χ2n) is 3.58. The Balaban J connectivity index is 2.45. The Hall–Kier alpha value is -0.980. The number of thioether (sulfide) groups is 1. The molecule has 1 heterocycles. The van der Waals surface area contributed by atoms with Crippen molar-refractivity contribution in [1.29, 1.82) is 0 Å². The van der Waals surface area contributed by atoms with Crippen LogP contribution in [0.1, 0.15) is 32.0 Å². The Morgan fingerprint density at radius 2 is 2.24 bits per heavy atom. The maximum Gasteiger partial charge on any atom is 0.296 e. The summed E-state index contributed by atoms with van der Waals surface area (Å²) in [6.45, 7) is 4.15. The van der Waals surface area contributed by atoms with E-state index in [1.807, 2.05) is 0 Å². The first-order valence-electron chi connectivity index (χ1n) is 5.26. The van der Waals surface area contributed by atoms with E-state index in [1.165, 1.54) is 0 Å². The van der Waals surface area contributed by atoms with Crippen LogP contribution >= 0.6 is 11.8 Å². The van der Waals surface area contributed by atoms with Crippen molar-refractivity contribution < 1.29 is 18.1 Å². The number of rotatable bonds is 7. The van der Waals surface area contributed by atoms with Gasteiger partial charge < -0.3 is 4.52 Å². The van der Waals surface area contributed by atoms with Crippen molar-refractivity contribution in [1.82, 2.24) is 10.1 Å². The average Bonchev–Trinajstić information content (AvgIpc) is 2.73. The SMILES string of the molecule is CCC(C)SCc1noc(CC(=O)C(F)F)n1. The number of nitrogens with zero attached hydrogens (tertiary/aromatic N) is 2. The predicted molar refractivity (Wildman–Crippen MR) is 60.1 cm³/mol. The van der Waals surface area contributed by atoms with Gasteiger partial charge in [0.15, 0.2) is 5.82 Å². The number of halogens is 2. The van der Waals surface area contributed by atoms with Crippen molar-refractivity contribution >= 4 is 17.5 Å². The first kappa shape index (κ1) is 14.1. The summed E-state index contributed by atoms with van der Waals surface area (Å²) in [5.41, 5.74) is 0. The molecule has 0 saturated heterocycles. The number of carbonyl (C=O) groups is 1. The first-order valence-corrected chi connectivity index (χ1v) is 6.31. The largest absolute Gasteiger partial charge is 0.339 e. The quantitative estimate of drug-likeness (QED) is 0.757. The molecule has 0 spiro atoms. The Kier molecular flexibility index (Phi) is 5.54. The minimum atomic E-state index is -2.99. The number of Topliss-reactive ketones (excluding diaryl/α,β-unsaturated/α-hetero) is 1. The monoisotopic (exact) mass is 264 g/mol. The lowest BCUT2D eigenvalue weighted by atomic mass is 10.3. The van der Waals surface area contributed by atoms with Gasteiger partial charge in [-0.3, -0.25) is 4.79 Å². The minimum Gasteiger partial charge on any atom is -0.339 e. The molecule has 7 heteroatoms. The van der Waals surface area contributed by atoms with Crippen molar-refractivity contribution in [2.75, 3.05) is 0 Å². The summed E-state index contributed by atoms with van der Waals surface area (Å²) in [4.78, 5) is 14.6. The summed E-state index contributed by atoms with van der Waals surface area (Å²) in [5.74, 6) is -0.251. The lowest BCUT2D eigenvalue weighted by molar-refractivity contribution is -0.129. The normalized spacial score (nSPS) is 13.0. The fraction of sp³-hybridized carbons (Fsp3) is 0.700. The molecule has 1 aromatic heterocycles. The summed E-state index contributed by atoms with van der Waals surface area (Å²) in [7, 11) is 0. The molecule has 4 nitrogen and oxygen atoms in total. The third-order valence-electron chi connectivity index (χ3n) is 2.15. The molecule has 0 aromatic carbocycles. The highest BCUT2D eigenvalue weighted by Crippen LogP contribution is 2.18. The van der Waals surface area contributed by atoms with Crippen LogP contribution in [0.4, 0.5) is 8.78 Å². The number of ketones is 1. The van der Waals surface area contributed by atoms with Gasteiger partial charge in [0.05, 0.1) is 12.2 Å². The lowest BCUT2D eigenvalue weighted by Crippen LogP contribution is -2.12. The third kappa shape index (κ3) is 4.80. The molecule has 0 aliphatic heterocycles. The van der Waals surface area contributed by atoms with Crippen LogP contribution < -0.4 is 0 Å². The van der Waals surface area contributed by atoms with Crippen molar-refractivity contribution in [3.63, 3.8) is 0 Å². The molecule has 0 aliphatic rings. The fourth-order valence-electron chi connectivity index (χ4n) is 0.981. The van der Waals surface area contributed by atoms with E-state index in [0.29, 0.717) is 16.8 Å². The number of carbonyl (C=O) groups excluding carboxylic acids is 1. The van der Waals surface area contributed by atoms with Crippen molar-refractivity contribution in [3.8, 4) is 0 Å². The molecule has 0 amide bonds. The minimum absolute atomic E-state index is 0.0462. The first-order chi connectivity index (χ1) is 8.02. The Bertz CT molecular complexity index is 371. The smallest absolute Gasteiger partial charge is 0.296 e. The zero-order valence-corrected chi connectivity index (χ0v) is 10.5. The van der Waals surface area contributed by atoms with E-state index in [4.69, 9.17) is 4.52 Å². The summed E-state index contributed by atoms with van der Waals surface area (Å²) >= 11 is 1.65. The zero-order chi connectivity index (χ0) is 12.8. The molecule has 1 aromatic rings. The molecule has 96 valence electrons. The molecular formula is C10H14F2N2O2S. The van der Waals surface area contributed by atoms with Gasteiger partial charge in [0.1, 0.15) is 0 Å². The number of alkyl halides is 2. The van der Waals surface area contributed by atoms with E-state index in [2.05, 4.69) is 24.0 Å². The third-order valence-corrected chi connectivity index (χ3v) is 3.48. The average molecular weight is 264 g/mol. The van der Waals surface area contributed by atoms with E-state index in [1.54, 1.807) is 11.8 Å². The number of aromatic nitrogens is 2. The van der Waals surface area contributed by atoms with E-state index in [-0.39, 0.29) is 5.89 Å². The Morgan fingerprint density at radius 1 is 1.53 bits per heavy atom. The van der Waals surface area contributed by atoms with Gasteiger partial charge in [-0.25, -0.2) is 8.78 Å². The van der Waals surface area contributed by atoms with Crippen LogP contribution in [0.15, 0.2) is 4.52 Å². The van der Waals surface area contributed by atoms with Gasteiger partial charge in [0.25, 0.3) is 6.43 Å². The van der Waals surface area contributed by atoms with E-state index in [9.17, 15) is 13.6 Å². The molecule has 1 atom stereocenters. The highest BCUT2D eigenvalue weighted by atomic mass is 32.2. The standard InChI is InChI=1S/C10H14F2N2O2S/c1-3-6(2)17-5-8-13-9(16-14-8)4-7(15)10(11)12/h6,10H,3-5H2,1-2H3. The van der Waals surface area contributed by atoms with Crippen LogP contribution in [0.3, 0.4) is 0 Å². The van der Waals surface area contributed by atoms with E-state index >= 15 is 0 Å². The molecular weight excluding hydrogens is 250 g/mol. The fourth-order valence-corrected chi connectivity index (χ4v) is 1.77. The molecule has 0 saturated carbocycles. The van der Waals surface area contributed by atoms with Gasteiger partial charge >= 0.3 is 0 Å². The highest BCUT2D eigenvalue weighted by molar-refractivity contribution is 7.99. The summed E-state index contributed by atoms with van der Waals surface area (Å²) in [5, 5.41) is 4.10. The molecule has 0 N–H and O–H groups in total. The van der Waals surface area contributed by atoms with Crippen LogP contribution in [0, 0.1) is 0 Å². The molecule has 0 aliphatic carbocycles. The van der Waals surface area contributed by atoms with Gasteiger partial charge in [-0.2, -0.15) is 16.7 Å². The molecule has 1 rings (SSSR count). The molecule has 0 fully saturated rings. The van der Waals surface area contributed by atoms with Crippen LogP contribution in [0.2, 0.25) is 0 Å². The van der Waals surface area contributed by atoms with Crippen LogP contribution in [0.25, 0.3) is 0 Å². The second-order valence-corrected chi connectivity index (χ2v) is 5.00. The molecule has 1 unspecified atom stereocenters. The van der Waals surface area contributed by atoms with Gasteiger partial charge in [0.2, 0.25) is 11.7 Å². The Labute approximate surface area is 102 Å². The molecule has 0 bridgehead atoms. The predicted octanol–water partition coefficient (Wildman–Crippen LogP) is 2.48. The summed E-state index contributed by atoms with van der Waals surface area (Å²) in [6, 6.07) is 0. The van der Waals surface area contributed by atoms with Gasteiger partial charge in [-0.15, -0.1) is 0 Å². The number of hydrogen-bond donors (Lipinski definition) is 0. The zero-order valence-electron chi connectivity index (χ0n) is 9.65. The van der Waals surface area contributed by atoms with Crippen LogP contribution in [0.5, 0.6) is 0 Å². The lowest BCUT2D eigenvalue weighted by Gasteiger charge is -2.04. The maximum atomic E-state index is 12.0. The van der Waals surface area contributed by atoms with Crippen molar-refractivity contribution in [2.45, 2.75) is 44.1 Å². The Morgan fingerprint density at radius 3 is 2.82 bits per heavy atom. The van der Waals surface area contributed by atoms with Gasteiger partial charge in [0, 0.05) is 5.25 Å². The second kappa shape index (κ2) is 6.68.